The minimum atomic E-state index is 0.811. The minimum Gasteiger partial charge on any atom is -0.492 e. The number of unbranched alkanes of at least 4 members (excludes halogenated alkanes) is 1. The van der Waals surface area contributed by atoms with Crippen molar-refractivity contribution in [1.82, 2.24) is 4.90 Å². The zero-order valence-electron chi connectivity index (χ0n) is 13.6. The van der Waals surface area contributed by atoms with Crippen LogP contribution in [0.25, 0.3) is 0 Å². The number of likely N-dealkylation sites (tertiary alicyclic amines) is 1. The van der Waals surface area contributed by atoms with E-state index in [4.69, 9.17) is 4.74 Å². The van der Waals surface area contributed by atoms with Crippen molar-refractivity contribution < 1.29 is 4.74 Å². The Hall–Kier alpha value is -0.540. The van der Waals surface area contributed by atoms with Crippen LogP contribution in [0.4, 0.5) is 0 Å². The van der Waals surface area contributed by atoms with Crippen LogP contribution in [-0.2, 0) is 0 Å². The summed E-state index contributed by atoms with van der Waals surface area (Å²) in [7, 11) is 0. The molecule has 0 bridgehead atoms. The first-order valence-corrected chi connectivity index (χ1v) is 8.97. The van der Waals surface area contributed by atoms with Crippen LogP contribution in [0.15, 0.2) is 16.6 Å². The Balaban J connectivity index is 1.68. The van der Waals surface area contributed by atoms with Crippen LogP contribution >= 0.6 is 15.9 Å². The predicted molar refractivity (Wildman–Crippen MR) is 93.2 cm³/mol. The molecule has 0 radical (unpaired) electrons. The molecule has 1 fully saturated rings. The van der Waals surface area contributed by atoms with Crippen molar-refractivity contribution in [2.24, 2.45) is 5.92 Å². The molecule has 0 saturated carbocycles. The maximum atomic E-state index is 5.97. The number of hydrogen-bond donors (Lipinski definition) is 0. The minimum absolute atomic E-state index is 0.811. The van der Waals surface area contributed by atoms with Gasteiger partial charge in [0.25, 0.3) is 0 Å². The number of piperidine rings is 1. The molecule has 1 atom stereocenters. The number of nitrogens with zero attached hydrogens (tertiary/aromatic N) is 1. The Labute approximate surface area is 138 Å². The van der Waals surface area contributed by atoms with Gasteiger partial charge in [-0.3, -0.25) is 0 Å². The van der Waals surface area contributed by atoms with Gasteiger partial charge in [-0.1, -0.05) is 13.0 Å². The highest BCUT2D eigenvalue weighted by molar-refractivity contribution is 9.10. The first-order valence-electron chi connectivity index (χ1n) is 8.18. The molecular formula is C18H28BrNO. The van der Waals surface area contributed by atoms with Gasteiger partial charge in [0.05, 0.1) is 11.1 Å². The lowest BCUT2D eigenvalue weighted by Gasteiger charge is -2.30. The summed E-state index contributed by atoms with van der Waals surface area (Å²) in [6, 6.07) is 4.30. The molecule has 118 valence electrons. The lowest BCUT2D eigenvalue weighted by molar-refractivity contribution is 0.176. The van der Waals surface area contributed by atoms with Gasteiger partial charge in [-0.2, -0.15) is 0 Å². The summed E-state index contributed by atoms with van der Waals surface area (Å²) in [5, 5.41) is 0. The van der Waals surface area contributed by atoms with Crippen molar-refractivity contribution in [3.63, 3.8) is 0 Å². The fraction of sp³-hybridized carbons (Fsp3) is 0.667. The van der Waals surface area contributed by atoms with E-state index in [9.17, 15) is 0 Å². The number of hydrogen-bond acceptors (Lipinski definition) is 2. The van der Waals surface area contributed by atoms with Crippen LogP contribution < -0.4 is 4.74 Å². The first-order chi connectivity index (χ1) is 10.1. The smallest absolute Gasteiger partial charge is 0.136 e. The molecule has 3 heteroatoms. The Morgan fingerprint density at radius 2 is 2.10 bits per heavy atom. The van der Waals surface area contributed by atoms with Crippen LogP contribution in [0.3, 0.4) is 0 Å². The number of benzene rings is 1. The van der Waals surface area contributed by atoms with Crippen molar-refractivity contribution >= 4 is 15.9 Å². The maximum absolute atomic E-state index is 5.97. The van der Waals surface area contributed by atoms with Crippen LogP contribution in [0.2, 0.25) is 0 Å². The van der Waals surface area contributed by atoms with Gasteiger partial charge in [0, 0.05) is 6.54 Å². The summed E-state index contributed by atoms with van der Waals surface area (Å²) in [5.74, 6) is 1.88. The van der Waals surface area contributed by atoms with Gasteiger partial charge < -0.3 is 9.64 Å². The number of ether oxygens (including phenoxy) is 1. The third-order valence-corrected chi connectivity index (χ3v) is 4.82. The van der Waals surface area contributed by atoms with Crippen LogP contribution in [0.1, 0.15) is 43.7 Å². The molecule has 0 amide bonds. The fourth-order valence-electron chi connectivity index (χ4n) is 3.19. The third-order valence-electron chi connectivity index (χ3n) is 4.23. The van der Waals surface area contributed by atoms with E-state index >= 15 is 0 Å². The van der Waals surface area contributed by atoms with Gasteiger partial charge in [0.1, 0.15) is 5.75 Å². The van der Waals surface area contributed by atoms with E-state index in [-0.39, 0.29) is 0 Å². The first kappa shape index (κ1) is 16.8. The molecule has 1 aliphatic rings. The molecule has 2 rings (SSSR count). The molecule has 0 unspecified atom stereocenters. The SMILES string of the molecule is Cc1cc(C)c(OCCCCN2CCC[C@@H](C)C2)c(Br)c1. The van der Waals surface area contributed by atoms with Crippen molar-refractivity contribution in [2.45, 2.75) is 46.5 Å². The quantitative estimate of drug-likeness (QED) is 0.670. The zero-order chi connectivity index (χ0) is 15.2. The van der Waals surface area contributed by atoms with Gasteiger partial charge in [0.2, 0.25) is 0 Å². The Bertz CT molecular complexity index is 438. The van der Waals surface area contributed by atoms with Crippen molar-refractivity contribution in [1.29, 1.82) is 0 Å². The van der Waals surface area contributed by atoms with E-state index in [2.05, 4.69) is 53.7 Å². The van der Waals surface area contributed by atoms with Gasteiger partial charge in [-0.05, 0) is 91.7 Å². The van der Waals surface area contributed by atoms with E-state index in [0.29, 0.717) is 0 Å². The van der Waals surface area contributed by atoms with Gasteiger partial charge in [-0.15, -0.1) is 0 Å². The topological polar surface area (TPSA) is 12.5 Å². The molecule has 1 saturated heterocycles. The predicted octanol–water partition coefficient (Wildman–Crippen LogP) is 4.96. The highest BCUT2D eigenvalue weighted by Crippen LogP contribution is 2.30. The normalized spacial score (nSPS) is 19.7. The van der Waals surface area contributed by atoms with E-state index < -0.39 is 0 Å². The lowest BCUT2D eigenvalue weighted by Crippen LogP contribution is -2.35. The van der Waals surface area contributed by atoms with Crippen LogP contribution in [0.5, 0.6) is 5.75 Å². The van der Waals surface area contributed by atoms with Crippen LogP contribution in [0, 0.1) is 19.8 Å². The van der Waals surface area contributed by atoms with E-state index in [1.54, 1.807) is 0 Å². The zero-order valence-corrected chi connectivity index (χ0v) is 15.2. The largest absolute Gasteiger partial charge is 0.492 e. The highest BCUT2D eigenvalue weighted by atomic mass is 79.9. The van der Waals surface area contributed by atoms with E-state index in [1.807, 2.05) is 0 Å². The highest BCUT2D eigenvalue weighted by Gasteiger charge is 2.15. The molecule has 1 aromatic rings. The molecule has 0 aliphatic carbocycles. The Kier molecular flexibility index (Phi) is 6.56. The second-order valence-electron chi connectivity index (χ2n) is 6.50. The van der Waals surface area contributed by atoms with E-state index in [1.165, 1.54) is 50.0 Å². The Morgan fingerprint density at radius 1 is 1.29 bits per heavy atom. The second-order valence-corrected chi connectivity index (χ2v) is 7.35. The van der Waals surface area contributed by atoms with Gasteiger partial charge in [0.15, 0.2) is 0 Å². The average Bonchev–Trinajstić information content (AvgIpc) is 2.41. The number of halogens is 1. The molecule has 21 heavy (non-hydrogen) atoms. The maximum Gasteiger partial charge on any atom is 0.136 e. The molecule has 1 heterocycles. The monoisotopic (exact) mass is 353 g/mol. The van der Waals surface area contributed by atoms with Gasteiger partial charge in [-0.25, -0.2) is 0 Å². The fourth-order valence-corrected chi connectivity index (χ4v) is 3.98. The summed E-state index contributed by atoms with van der Waals surface area (Å²) in [6.07, 6.45) is 5.13. The molecule has 2 nitrogen and oxygen atoms in total. The third kappa shape index (κ3) is 5.30. The molecule has 0 spiro atoms. The standard InChI is InChI=1S/C18H28BrNO/c1-14-7-6-9-20(13-14)8-4-5-10-21-18-16(3)11-15(2)12-17(18)19/h11-12,14H,4-10,13H2,1-3H3/t14-/m1/s1. The van der Waals surface area contributed by atoms with Gasteiger partial charge >= 0.3 is 0 Å². The Morgan fingerprint density at radius 3 is 2.81 bits per heavy atom. The summed E-state index contributed by atoms with van der Waals surface area (Å²) in [4.78, 5) is 2.61. The number of aryl methyl sites for hydroxylation is 2. The number of rotatable bonds is 6. The summed E-state index contributed by atoms with van der Waals surface area (Å²) in [6.45, 7) is 11.2. The summed E-state index contributed by atoms with van der Waals surface area (Å²) < 4.78 is 7.04. The molecule has 0 N–H and O–H groups in total. The lowest BCUT2D eigenvalue weighted by atomic mass is 10.0. The average molecular weight is 354 g/mol. The van der Waals surface area contributed by atoms with Crippen molar-refractivity contribution in [3.8, 4) is 5.75 Å². The van der Waals surface area contributed by atoms with Crippen LogP contribution in [-0.4, -0.2) is 31.1 Å². The van der Waals surface area contributed by atoms with Crippen molar-refractivity contribution in [3.05, 3.63) is 27.7 Å². The molecule has 1 aliphatic heterocycles. The summed E-state index contributed by atoms with van der Waals surface area (Å²) >= 11 is 3.60. The molecule has 1 aromatic carbocycles. The summed E-state index contributed by atoms with van der Waals surface area (Å²) in [5.41, 5.74) is 2.48. The molecule has 0 aromatic heterocycles. The molecular weight excluding hydrogens is 326 g/mol. The second kappa shape index (κ2) is 8.19. The van der Waals surface area contributed by atoms with E-state index in [0.717, 1.165) is 29.2 Å². The van der Waals surface area contributed by atoms with Crippen molar-refractivity contribution in [2.75, 3.05) is 26.2 Å².